The summed E-state index contributed by atoms with van der Waals surface area (Å²) in [6.07, 6.45) is 19.1. The molecule has 0 aliphatic heterocycles. The van der Waals surface area contributed by atoms with Crippen LogP contribution in [0.25, 0.3) is 0 Å². The van der Waals surface area contributed by atoms with Crippen molar-refractivity contribution < 1.29 is 0 Å². The van der Waals surface area contributed by atoms with Gasteiger partial charge in [0.2, 0.25) is 0 Å². The molecule has 0 saturated carbocycles. The third kappa shape index (κ3) is 135. The lowest BCUT2D eigenvalue weighted by Gasteiger charge is -1.89. The van der Waals surface area contributed by atoms with Crippen LogP contribution in [0.15, 0.2) is 187 Å². The second kappa shape index (κ2) is 122. The molecule has 6 rings (SSSR count). The van der Waals surface area contributed by atoms with Crippen LogP contribution in [0.3, 0.4) is 0 Å². The number of aryl methyl sites for hydroxylation is 5. The van der Waals surface area contributed by atoms with E-state index in [1.54, 1.807) is 11.8 Å². The highest BCUT2D eigenvalue weighted by Gasteiger charge is 1.81. The zero-order valence-electron chi connectivity index (χ0n) is 59.9. The normalized spacial score (nSPS) is 7.58. The first-order chi connectivity index (χ1) is 38.9. The van der Waals surface area contributed by atoms with Gasteiger partial charge in [0.1, 0.15) is 0 Å². The van der Waals surface area contributed by atoms with Crippen molar-refractivity contribution in [2.75, 3.05) is 6.26 Å². The van der Waals surface area contributed by atoms with Crippen molar-refractivity contribution in [1.29, 1.82) is 0 Å². The summed E-state index contributed by atoms with van der Waals surface area (Å²) in [7, 11) is 0. The average molecular weight is 1130 g/mol. The molecule has 0 saturated heterocycles. The zero-order valence-corrected chi connectivity index (χ0v) is 60.7. The Hall–Kier alpha value is -4.33. The van der Waals surface area contributed by atoms with Gasteiger partial charge in [0.05, 0.1) is 0 Å². The van der Waals surface area contributed by atoms with E-state index in [-0.39, 0.29) is 0 Å². The molecular formula is C79H146S. The van der Waals surface area contributed by atoms with Gasteiger partial charge in [-0.1, -0.05) is 442 Å². The molecule has 0 nitrogen and oxygen atoms in total. The second-order valence-corrected chi connectivity index (χ2v) is 16.9. The maximum absolute atomic E-state index is 2.18. The predicted octanol–water partition coefficient (Wildman–Crippen LogP) is 29.6. The average Bonchev–Trinajstić information content (AvgIpc) is 3.56. The molecule has 1 heteroatoms. The van der Waals surface area contributed by atoms with Crippen LogP contribution in [-0.4, -0.2) is 6.26 Å². The molecule has 6 aromatic carbocycles. The van der Waals surface area contributed by atoms with Gasteiger partial charge in [0.25, 0.3) is 0 Å². The Morgan fingerprint density at radius 1 is 0.212 bits per heavy atom. The summed E-state index contributed by atoms with van der Waals surface area (Å²) in [5, 5.41) is 0. The predicted molar refractivity (Wildman–Crippen MR) is 390 cm³/mol. The highest BCUT2D eigenvalue weighted by atomic mass is 32.2. The summed E-state index contributed by atoms with van der Waals surface area (Å²) in [5.41, 5.74) is 6.70. The number of thioether (sulfide) groups is 1. The number of hydrogen-bond acceptors (Lipinski definition) is 1. The van der Waals surface area contributed by atoms with Crippen molar-refractivity contribution >= 4 is 11.8 Å². The van der Waals surface area contributed by atoms with Crippen molar-refractivity contribution in [2.24, 2.45) is 0 Å². The molecular weight excluding hydrogens is 981 g/mol. The van der Waals surface area contributed by atoms with Gasteiger partial charge >= 0.3 is 0 Å². The molecule has 0 unspecified atom stereocenters. The van der Waals surface area contributed by atoms with E-state index in [1.165, 1.54) is 110 Å². The SMILES string of the molecule is CC.CC.CC.CC.CC.CC.CCCC.CCCC.CCCC.CCCC.CCCC.CCCC.CCc1ccccc1.CSc1ccccc1.Cc1ccccc1.Cc1ccccc1.Cc1ccccc1.Cc1ccccc1. The Balaban J connectivity index is -0.0000000625. The van der Waals surface area contributed by atoms with Crippen molar-refractivity contribution in [3.05, 3.63) is 210 Å². The largest absolute Gasteiger partial charge is 0.130 e. The smallest absolute Gasteiger partial charge is 0.00691 e. The maximum Gasteiger partial charge on any atom is 0.00691 e. The monoisotopic (exact) mass is 1130 g/mol. The van der Waals surface area contributed by atoms with E-state index in [1.807, 2.05) is 180 Å². The molecule has 0 aromatic heterocycles. The van der Waals surface area contributed by atoms with E-state index in [0.717, 1.165) is 6.42 Å². The highest BCUT2D eigenvalue weighted by molar-refractivity contribution is 7.98. The minimum atomic E-state index is 1.14. The van der Waals surface area contributed by atoms with Gasteiger partial charge in [0, 0.05) is 4.90 Å². The number of rotatable bonds is 8. The summed E-state index contributed by atoms with van der Waals surface area (Å²) in [6, 6.07) is 61.8. The van der Waals surface area contributed by atoms with E-state index in [0.29, 0.717) is 0 Å². The molecule has 6 aromatic rings. The Morgan fingerprint density at radius 2 is 0.350 bits per heavy atom. The van der Waals surface area contributed by atoms with Crippen LogP contribution in [0, 0.1) is 27.7 Å². The fourth-order valence-corrected chi connectivity index (χ4v) is 3.84. The van der Waals surface area contributed by atoms with Gasteiger partial charge in [-0.25, -0.2) is 0 Å². The maximum atomic E-state index is 2.18. The van der Waals surface area contributed by atoms with Crippen molar-refractivity contribution in [1.82, 2.24) is 0 Å². The summed E-state index contributed by atoms with van der Waals surface area (Å²) < 4.78 is 0. The van der Waals surface area contributed by atoms with Crippen LogP contribution < -0.4 is 0 Å². The minimum Gasteiger partial charge on any atom is -0.130 e. The lowest BCUT2D eigenvalue weighted by molar-refractivity contribution is 0.886. The number of benzene rings is 6. The van der Waals surface area contributed by atoms with E-state index < -0.39 is 0 Å². The molecule has 0 fully saturated rings. The van der Waals surface area contributed by atoms with Gasteiger partial charge in [-0.2, -0.15) is 0 Å². The summed E-state index contributed by atoms with van der Waals surface area (Å²) in [4.78, 5) is 1.33. The highest BCUT2D eigenvalue weighted by Crippen LogP contribution is 2.11. The molecule has 0 N–H and O–H groups in total. The molecule has 0 atom stereocenters. The first-order valence-corrected chi connectivity index (χ1v) is 33.8. The van der Waals surface area contributed by atoms with Gasteiger partial charge in [-0.05, 0) is 58.1 Å². The van der Waals surface area contributed by atoms with Gasteiger partial charge < -0.3 is 0 Å². The van der Waals surface area contributed by atoms with E-state index in [4.69, 9.17) is 0 Å². The number of hydrogen-bond donors (Lipinski definition) is 0. The third-order valence-electron chi connectivity index (χ3n) is 8.99. The molecule has 80 heavy (non-hydrogen) atoms. The lowest BCUT2D eigenvalue weighted by Crippen LogP contribution is -1.73. The second-order valence-electron chi connectivity index (χ2n) is 16.0. The van der Waals surface area contributed by atoms with Crippen molar-refractivity contribution in [3.8, 4) is 0 Å². The Labute approximate surface area is 514 Å². The standard InChI is InChI=1S/C8H10.C7H8S.4C7H8.6C4H10.6C2H6/c1-2-8-6-4-3-5-7-8;1-8-7-5-3-2-4-6-7;4*1-7-5-3-2-4-6-7;6*1-3-4-2;6*1-2/h3-7H,2H2,1H3;2-6H,1H3;4*2-6H,1H3;6*3-4H2,1-2H3;6*1-2H3. The van der Waals surface area contributed by atoms with Crippen molar-refractivity contribution in [3.63, 3.8) is 0 Å². The Morgan fingerprint density at radius 3 is 0.425 bits per heavy atom. The molecule has 0 aliphatic carbocycles. The van der Waals surface area contributed by atoms with Crippen LogP contribution in [-0.2, 0) is 6.42 Å². The Bertz CT molecular complexity index is 1370. The molecule has 0 aliphatic rings. The molecule has 0 spiro atoms. The quantitative estimate of drug-likeness (QED) is 0.137. The van der Waals surface area contributed by atoms with Crippen LogP contribution >= 0.6 is 11.8 Å². The Kier molecular flexibility index (Phi) is 159. The minimum absolute atomic E-state index is 1.14. The molecule has 0 amide bonds. The molecule has 468 valence electrons. The van der Waals surface area contributed by atoms with Gasteiger partial charge in [-0.15, -0.1) is 11.8 Å². The van der Waals surface area contributed by atoms with Crippen LogP contribution in [0.2, 0.25) is 0 Å². The topological polar surface area (TPSA) is 0 Å². The first-order valence-electron chi connectivity index (χ1n) is 32.6. The summed E-state index contributed by atoms with van der Waals surface area (Å²) in [5.74, 6) is 0. The lowest BCUT2D eigenvalue weighted by atomic mass is 10.2. The van der Waals surface area contributed by atoms with E-state index >= 15 is 0 Å². The number of unbranched alkanes of at least 4 members (excludes halogenated alkanes) is 6. The molecule has 0 bridgehead atoms. The molecule has 0 heterocycles. The summed E-state index contributed by atoms with van der Waals surface area (Å²) in [6.45, 7) is 60.7. The zero-order chi connectivity index (χ0) is 64.6. The van der Waals surface area contributed by atoms with Gasteiger partial charge in [0.15, 0.2) is 0 Å². The fraction of sp³-hybridized carbons (Fsp3) is 0.544. The van der Waals surface area contributed by atoms with E-state index in [2.05, 4.69) is 209 Å². The molecule has 0 radical (unpaired) electrons. The fourth-order valence-electron chi connectivity index (χ4n) is 3.41. The van der Waals surface area contributed by atoms with Crippen LogP contribution in [0.4, 0.5) is 0 Å². The third-order valence-corrected chi connectivity index (χ3v) is 9.74. The van der Waals surface area contributed by atoms with Crippen molar-refractivity contribution in [2.45, 2.75) is 289 Å². The first kappa shape index (κ1) is 104. The summed E-state index contributed by atoms with van der Waals surface area (Å²) >= 11 is 1.77. The van der Waals surface area contributed by atoms with Crippen LogP contribution in [0.5, 0.6) is 0 Å². The van der Waals surface area contributed by atoms with E-state index in [9.17, 15) is 0 Å². The van der Waals surface area contributed by atoms with Crippen LogP contribution in [0.1, 0.15) is 278 Å². The van der Waals surface area contributed by atoms with Gasteiger partial charge in [-0.3, -0.25) is 0 Å².